The highest BCUT2D eigenvalue weighted by Crippen LogP contribution is 2.16. The maximum atomic E-state index is 12.5. The molecule has 0 aliphatic heterocycles. The van der Waals surface area contributed by atoms with E-state index < -0.39 is 0 Å². The Bertz CT molecular complexity index is 1140. The highest BCUT2D eigenvalue weighted by molar-refractivity contribution is 6.30. The van der Waals surface area contributed by atoms with E-state index in [0.29, 0.717) is 23.7 Å². The van der Waals surface area contributed by atoms with E-state index in [1.54, 1.807) is 29.2 Å². The van der Waals surface area contributed by atoms with E-state index >= 15 is 0 Å². The van der Waals surface area contributed by atoms with E-state index in [1.807, 2.05) is 54.6 Å². The summed E-state index contributed by atoms with van der Waals surface area (Å²) in [6, 6.07) is 20.6. The number of amides is 1. The van der Waals surface area contributed by atoms with Crippen LogP contribution in [-0.2, 0) is 13.2 Å². The van der Waals surface area contributed by atoms with Gasteiger partial charge < -0.3 is 10.1 Å². The number of hydrogen-bond acceptors (Lipinski definition) is 4. The van der Waals surface area contributed by atoms with Crippen LogP contribution in [0.3, 0.4) is 0 Å². The molecule has 4 rings (SSSR count). The Morgan fingerprint density at radius 3 is 2.80 bits per heavy atom. The van der Waals surface area contributed by atoms with Crippen LogP contribution < -0.4 is 10.1 Å². The van der Waals surface area contributed by atoms with Gasteiger partial charge in [-0.15, -0.1) is 0 Å². The molecule has 2 heterocycles. The summed E-state index contributed by atoms with van der Waals surface area (Å²) < 4.78 is 7.40. The predicted molar refractivity (Wildman–Crippen MR) is 115 cm³/mol. The van der Waals surface area contributed by atoms with Gasteiger partial charge in [0.05, 0.1) is 23.1 Å². The predicted octanol–water partition coefficient (Wildman–Crippen LogP) is 4.43. The monoisotopic (exact) mass is 418 g/mol. The number of carbonyl (C=O) groups is 1. The second-order valence-electron chi connectivity index (χ2n) is 6.59. The molecule has 2 aromatic carbocycles. The van der Waals surface area contributed by atoms with Gasteiger partial charge >= 0.3 is 0 Å². The molecule has 0 aliphatic rings. The fourth-order valence-electron chi connectivity index (χ4n) is 2.87. The first-order valence-corrected chi connectivity index (χ1v) is 9.76. The molecule has 0 aliphatic carbocycles. The molecule has 0 fully saturated rings. The number of hydrogen-bond donors (Lipinski definition) is 1. The first-order valence-electron chi connectivity index (χ1n) is 9.38. The second-order valence-corrected chi connectivity index (χ2v) is 7.03. The summed E-state index contributed by atoms with van der Waals surface area (Å²) in [6.07, 6.45) is 4.94. The van der Waals surface area contributed by atoms with Crippen LogP contribution in [0.5, 0.6) is 5.75 Å². The average Bonchev–Trinajstić information content (AvgIpc) is 3.28. The van der Waals surface area contributed by atoms with Crippen molar-refractivity contribution in [3.63, 3.8) is 0 Å². The molecule has 0 spiro atoms. The number of aromatic nitrogens is 3. The number of nitrogens with one attached hydrogen (secondary N) is 1. The van der Waals surface area contributed by atoms with Crippen molar-refractivity contribution in [2.24, 2.45) is 0 Å². The fourth-order valence-corrected chi connectivity index (χ4v) is 3.05. The van der Waals surface area contributed by atoms with Crippen LogP contribution in [0.4, 0.5) is 0 Å². The molecule has 0 radical (unpaired) electrons. The maximum absolute atomic E-state index is 12.5. The third-order valence-corrected chi connectivity index (χ3v) is 4.62. The number of halogens is 1. The molecule has 4 aromatic rings. The minimum atomic E-state index is -0.205. The molecule has 1 amide bonds. The third kappa shape index (κ3) is 5.04. The van der Waals surface area contributed by atoms with E-state index in [-0.39, 0.29) is 5.91 Å². The topological polar surface area (TPSA) is 69.0 Å². The van der Waals surface area contributed by atoms with Crippen LogP contribution in [0.2, 0.25) is 5.02 Å². The average molecular weight is 419 g/mol. The standard InChI is InChI=1S/C23H19ClN4O2/c24-19-6-4-8-21(12-19)28-15-18(14-27-28)23(29)26-13-17-5-3-9-22(11-17)30-16-20-7-1-2-10-25-20/h1-12,14-15H,13,16H2,(H,26,29). The number of benzene rings is 2. The van der Waals surface area contributed by atoms with Gasteiger partial charge in [-0.1, -0.05) is 35.9 Å². The largest absolute Gasteiger partial charge is 0.487 e. The lowest BCUT2D eigenvalue weighted by atomic mass is 10.2. The van der Waals surface area contributed by atoms with Gasteiger partial charge in [-0.25, -0.2) is 4.68 Å². The fraction of sp³-hybridized carbons (Fsp3) is 0.0870. The van der Waals surface area contributed by atoms with Crippen LogP contribution in [0.15, 0.2) is 85.3 Å². The second kappa shape index (κ2) is 9.24. The van der Waals surface area contributed by atoms with Gasteiger partial charge in [0.2, 0.25) is 0 Å². The number of carbonyl (C=O) groups excluding carboxylic acids is 1. The molecular formula is C23H19ClN4O2. The molecule has 0 saturated heterocycles. The van der Waals surface area contributed by atoms with Gasteiger partial charge in [0.15, 0.2) is 0 Å². The van der Waals surface area contributed by atoms with Crippen molar-refractivity contribution >= 4 is 17.5 Å². The molecule has 0 saturated carbocycles. The van der Waals surface area contributed by atoms with E-state index in [0.717, 1.165) is 22.7 Å². The normalized spacial score (nSPS) is 10.6. The molecule has 150 valence electrons. The minimum Gasteiger partial charge on any atom is -0.487 e. The smallest absolute Gasteiger partial charge is 0.254 e. The number of pyridine rings is 1. The number of ether oxygens (including phenoxy) is 1. The summed E-state index contributed by atoms with van der Waals surface area (Å²) in [5, 5.41) is 7.76. The zero-order valence-corrected chi connectivity index (χ0v) is 16.8. The van der Waals surface area contributed by atoms with Gasteiger partial charge in [0.1, 0.15) is 12.4 Å². The van der Waals surface area contributed by atoms with Crippen molar-refractivity contribution in [1.82, 2.24) is 20.1 Å². The number of nitrogens with zero attached hydrogens (tertiary/aromatic N) is 3. The van der Waals surface area contributed by atoms with Gasteiger partial charge in [-0.3, -0.25) is 9.78 Å². The zero-order chi connectivity index (χ0) is 20.8. The molecule has 1 N–H and O–H groups in total. The van der Waals surface area contributed by atoms with Crippen LogP contribution in [0.1, 0.15) is 21.6 Å². The van der Waals surface area contributed by atoms with Gasteiger partial charge in [0, 0.05) is 24.0 Å². The quantitative estimate of drug-likeness (QED) is 0.482. The van der Waals surface area contributed by atoms with Crippen molar-refractivity contribution < 1.29 is 9.53 Å². The van der Waals surface area contributed by atoms with Crippen molar-refractivity contribution in [3.05, 3.63) is 107 Å². The Morgan fingerprint density at radius 2 is 1.97 bits per heavy atom. The first-order chi connectivity index (χ1) is 14.7. The summed E-state index contributed by atoms with van der Waals surface area (Å²) in [4.78, 5) is 16.7. The van der Waals surface area contributed by atoms with Crippen molar-refractivity contribution in [1.29, 1.82) is 0 Å². The van der Waals surface area contributed by atoms with Gasteiger partial charge in [-0.05, 0) is 48.0 Å². The summed E-state index contributed by atoms with van der Waals surface area (Å²) in [6.45, 7) is 0.765. The van der Waals surface area contributed by atoms with E-state index in [4.69, 9.17) is 16.3 Å². The molecule has 6 nitrogen and oxygen atoms in total. The van der Waals surface area contributed by atoms with Gasteiger partial charge in [0.25, 0.3) is 5.91 Å². The van der Waals surface area contributed by atoms with Crippen LogP contribution in [0.25, 0.3) is 5.69 Å². The lowest BCUT2D eigenvalue weighted by Crippen LogP contribution is -2.22. The van der Waals surface area contributed by atoms with Gasteiger partial charge in [-0.2, -0.15) is 5.10 Å². The zero-order valence-electron chi connectivity index (χ0n) is 16.0. The van der Waals surface area contributed by atoms with Crippen molar-refractivity contribution in [2.75, 3.05) is 0 Å². The molecule has 0 bridgehead atoms. The molecule has 0 atom stereocenters. The Kier molecular flexibility index (Phi) is 6.06. The number of rotatable bonds is 7. The summed E-state index contributed by atoms with van der Waals surface area (Å²) in [5.41, 5.74) is 3.05. The van der Waals surface area contributed by atoms with Crippen molar-refractivity contribution in [2.45, 2.75) is 13.2 Å². The summed E-state index contributed by atoms with van der Waals surface area (Å²) >= 11 is 6.02. The van der Waals surface area contributed by atoms with Crippen LogP contribution >= 0.6 is 11.6 Å². The van der Waals surface area contributed by atoms with Crippen LogP contribution in [0, 0.1) is 0 Å². The lowest BCUT2D eigenvalue weighted by molar-refractivity contribution is 0.0951. The highest BCUT2D eigenvalue weighted by Gasteiger charge is 2.10. The molecule has 7 heteroatoms. The summed E-state index contributed by atoms with van der Waals surface area (Å²) in [5.74, 6) is 0.518. The van der Waals surface area contributed by atoms with E-state index in [9.17, 15) is 4.79 Å². The Hall–Kier alpha value is -3.64. The molecule has 0 unspecified atom stereocenters. The Labute approximate surface area is 179 Å². The molecular weight excluding hydrogens is 400 g/mol. The van der Waals surface area contributed by atoms with Crippen molar-refractivity contribution in [3.8, 4) is 11.4 Å². The third-order valence-electron chi connectivity index (χ3n) is 4.38. The SMILES string of the molecule is O=C(NCc1cccc(OCc2ccccn2)c1)c1cnn(-c2cccc(Cl)c2)c1. The van der Waals surface area contributed by atoms with E-state index in [1.165, 1.54) is 6.20 Å². The van der Waals surface area contributed by atoms with Crippen LogP contribution in [-0.4, -0.2) is 20.7 Å². The highest BCUT2D eigenvalue weighted by atomic mass is 35.5. The maximum Gasteiger partial charge on any atom is 0.254 e. The Balaban J connectivity index is 1.35. The minimum absolute atomic E-state index is 0.205. The first kappa shape index (κ1) is 19.7. The Morgan fingerprint density at radius 1 is 1.07 bits per heavy atom. The lowest BCUT2D eigenvalue weighted by Gasteiger charge is -2.08. The summed E-state index contributed by atoms with van der Waals surface area (Å²) in [7, 11) is 0. The molecule has 2 aromatic heterocycles. The van der Waals surface area contributed by atoms with E-state index in [2.05, 4.69) is 15.4 Å². The molecule has 30 heavy (non-hydrogen) atoms.